The van der Waals surface area contributed by atoms with Gasteiger partial charge in [-0.2, -0.15) is 0 Å². The lowest BCUT2D eigenvalue weighted by atomic mass is 10.4. The number of hydrogen-bond donors (Lipinski definition) is 2. The average molecular weight is 287 g/mol. The Morgan fingerprint density at radius 2 is 2.17 bits per heavy atom. The van der Waals surface area contributed by atoms with Crippen molar-refractivity contribution < 1.29 is 4.42 Å². The lowest BCUT2D eigenvalue weighted by Gasteiger charge is -2.03. The maximum atomic E-state index is 5.85. The molecule has 18 heavy (non-hydrogen) atoms. The third-order valence-electron chi connectivity index (χ3n) is 2.17. The number of hydrogen-bond acceptors (Lipinski definition) is 6. The average Bonchev–Trinajstić information content (AvgIpc) is 2.93. The fourth-order valence-electron chi connectivity index (χ4n) is 1.30. The van der Waals surface area contributed by atoms with Crippen LogP contribution < -0.4 is 10.6 Å². The van der Waals surface area contributed by atoms with Gasteiger partial charge in [-0.05, 0) is 12.1 Å². The number of nitrogens with zero attached hydrogens (tertiary/aromatic N) is 2. The van der Waals surface area contributed by atoms with E-state index in [1.54, 1.807) is 0 Å². The predicted molar refractivity (Wildman–Crippen MR) is 72.9 cm³/mol. The summed E-state index contributed by atoms with van der Waals surface area (Å²) in [7, 11) is 0. The summed E-state index contributed by atoms with van der Waals surface area (Å²) in [6, 6.07) is 4.66. The van der Waals surface area contributed by atoms with Crippen LogP contribution in [0.15, 0.2) is 16.5 Å². The smallest absolute Gasteiger partial charge is 0.315 e. The monoisotopic (exact) mass is 286 g/mol. The van der Waals surface area contributed by atoms with Crippen molar-refractivity contribution in [2.24, 2.45) is 0 Å². The molecule has 0 bridgehead atoms. The zero-order chi connectivity index (χ0) is 13.0. The molecule has 7 heteroatoms. The van der Waals surface area contributed by atoms with Gasteiger partial charge in [0.05, 0.1) is 17.4 Å². The molecule has 98 valence electrons. The standard InChI is InChI=1S/C11H15ClN4OS/c1-7(2)13-6-10-15-16-11(17-10)14-5-8-3-4-9(12)18-8/h3-4,7,13H,5-6H2,1-2H3,(H,14,16). The highest BCUT2D eigenvalue weighted by Gasteiger charge is 2.06. The van der Waals surface area contributed by atoms with Crippen LogP contribution in [0.1, 0.15) is 24.6 Å². The molecule has 0 fully saturated rings. The highest BCUT2D eigenvalue weighted by Crippen LogP contribution is 2.22. The van der Waals surface area contributed by atoms with Gasteiger partial charge in [-0.1, -0.05) is 30.5 Å². The summed E-state index contributed by atoms with van der Waals surface area (Å²) in [6.45, 7) is 5.35. The van der Waals surface area contributed by atoms with E-state index in [-0.39, 0.29) is 0 Å². The van der Waals surface area contributed by atoms with Gasteiger partial charge in [0.15, 0.2) is 0 Å². The quantitative estimate of drug-likeness (QED) is 0.855. The fraction of sp³-hybridized carbons (Fsp3) is 0.455. The number of nitrogens with one attached hydrogen (secondary N) is 2. The molecule has 2 heterocycles. The van der Waals surface area contributed by atoms with Crippen LogP contribution in [0.25, 0.3) is 0 Å². The van der Waals surface area contributed by atoms with Crippen LogP contribution in [0.5, 0.6) is 0 Å². The Labute approximate surface area is 115 Å². The number of rotatable bonds is 6. The highest BCUT2D eigenvalue weighted by atomic mass is 35.5. The summed E-state index contributed by atoms with van der Waals surface area (Å²) < 4.78 is 6.22. The number of halogens is 1. The molecule has 0 amide bonds. The highest BCUT2D eigenvalue weighted by molar-refractivity contribution is 7.16. The van der Waals surface area contributed by atoms with Crippen LogP contribution >= 0.6 is 22.9 Å². The van der Waals surface area contributed by atoms with Gasteiger partial charge in [-0.3, -0.25) is 0 Å². The maximum Gasteiger partial charge on any atom is 0.315 e. The van der Waals surface area contributed by atoms with Crippen molar-refractivity contribution in [1.82, 2.24) is 15.5 Å². The lowest BCUT2D eigenvalue weighted by Crippen LogP contribution is -2.21. The van der Waals surface area contributed by atoms with E-state index in [1.165, 1.54) is 11.3 Å². The van der Waals surface area contributed by atoms with E-state index < -0.39 is 0 Å². The van der Waals surface area contributed by atoms with Crippen molar-refractivity contribution in [3.05, 3.63) is 27.2 Å². The molecule has 0 saturated heterocycles. The van der Waals surface area contributed by atoms with Crippen LogP contribution in [0.2, 0.25) is 4.34 Å². The molecule has 2 rings (SSSR count). The van der Waals surface area contributed by atoms with Crippen molar-refractivity contribution in [1.29, 1.82) is 0 Å². The molecule has 2 aromatic heterocycles. The van der Waals surface area contributed by atoms with E-state index in [4.69, 9.17) is 16.0 Å². The minimum Gasteiger partial charge on any atom is -0.407 e. The molecule has 0 atom stereocenters. The van der Waals surface area contributed by atoms with Gasteiger partial charge in [0.25, 0.3) is 0 Å². The van der Waals surface area contributed by atoms with Crippen molar-refractivity contribution in [3.8, 4) is 0 Å². The summed E-state index contributed by atoms with van der Waals surface area (Å²) in [5.74, 6) is 0.579. The van der Waals surface area contributed by atoms with Gasteiger partial charge in [0, 0.05) is 10.9 Å². The number of anilines is 1. The van der Waals surface area contributed by atoms with E-state index in [0.29, 0.717) is 31.0 Å². The van der Waals surface area contributed by atoms with Gasteiger partial charge in [-0.15, -0.1) is 16.4 Å². The van der Waals surface area contributed by atoms with E-state index in [2.05, 4.69) is 34.7 Å². The summed E-state index contributed by atoms with van der Waals surface area (Å²) in [5.41, 5.74) is 0. The zero-order valence-electron chi connectivity index (χ0n) is 10.2. The van der Waals surface area contributed by atoms with Crippen molar-refractivity contribution >= 4 is 29.0 Å². The summed E-state index contributed by atoms with van der Waals surface area (Å²) in [5, 5.41) is 14.1. The molecule has 0 aliphatic carbocycles. The minimum absolute atomic E-state index is 0.390. The first-order valence-electron chi connectivity index (χ1n) is 5.67. The normalized spacial score (nSPS) is 11.1. The van der Waals surface area contributed by atoms with E-state index >= 15 is 0 Å². The van der Waals surface area contributed by atoms with Gasteiger partial charge in [-0.25, -0.2) is 0 Å². The second-order valence-corrected chi connectivity index (χ2v) is 5.90. The fourth-order valence-corrected chi connectivity index (χ4v) is 2.32. The van der Waals surface area contributed by atoms with Crippen LogP contribution in [0.3, 0.4) is 0 Å². The van der Waals surface area contributed by atoms with Crippen molar-refractivity contribution in [2.45, 2.75) is 33.0 Å². The minimum atomic E-state index is 0.390. The van der Waals surface area contributed by atoms with E-state index in [1.807, 2.05) is 12.1 Å². The first-order chi connectivity index (χ1) is 8.63. The third-order valence-corrected chi connectivity index (χ3v) is 3.40. The largest absolute Gasteiger partial charge is 0.407 e. The molecule has 2 N–H and O–H groups in total. The topological polar surface area (TPSA) is 63.0 Å². The molecule has 0 aliphatic heterocycles. The number of thiophene rings is 1. The summed E-state index contributed by atoms with van der Waals surface area (Å²) in [4.78, 5) is 1.13. The Hall–Kier alpha value is -1.11. The van der Waals surface area contributed by atoms with E-state index in [0.717, 1.165) is 9.21 Å². The molecular formula is C11H15ClN4OS. The van der Waals surface area contributed by atoms with E-state index in [9.17, 15) is 0 Å². The molecule has 0 unspecified atom stereocenters. The second-order valence-electron chi connectivity index (χ2n) is 4.10. The van der Waals surface area contributed by atoms with Crippen molar-refractivity contribution in [2.75, 3.05) is 5.32 Å². The molecular weight excluding hydrogens is 272 g/mol. The molecule has 0 aromatic carbocycles. The zero-order valence-corrected chi connectivity index (χ0v) is 11.8. The first kappa shape index (κ1) is 13.3. The molecule has 2 aromatic rings. The Balaban J connectivity index is 1.83. The second kappa shape index (κ2) is 6.17. The summed E-state index contributed by atoms with van der Waals surface area (Å²) >= 11 is 7.38. The number of aromatic nitrogens is 2. The lowest BCUT2D eigenvalue weighted by molar-refractivity contribution is 0.458. The van der Waals surface area contributed by atoms with Gasteiger partial charge >= 0.3 is 6.01 Å². The molecule has 0 aliphatic rings. The van der Waals surface area contributed by atoms with Gasteiger partial charge in [0.2, 0.25) is 5.89 Å². The molecule has 0 spiro atoms. The van der Waals surface area contributed by atoms with Crippen molar-refractivity contribution in [3.63, 3.8) is 0 Å². The Morgan fingerprint density at radius 3 is 2.83 bits per heavy atom. The van der Waals surface area contributed by atoms with Crippen LogP contribution in [-0.4, -0.2) is 16.2 Å². The van der Waals surface area contributed by atoms with Gasteiger partial charge in [0.1, 0.15) is 0 Å². The Morgan fingerprint density at radius 1 is 1.33 bits per heavy atom. The Kier molecular flexibility index (Phi) is 4.57. The third kappa shape index (κ3) is 3.97. The predicted octanol–water partition coefficient (Wildman–Crippen LogP) is 2.89. The van der Waals surface area contributed by atoms with Crippen LogP contribution in [-0.2, 0) is 13.1 Å². The molecule has 0 radical (unpaired) electrons. The molecule has 0 saturated carbocycles. The maximum absolute atomic E-state index is 5.85. The van der Waals surface area contributed by atoms with Crippen LogP contribution in [0.4, 0.5) is 6.01 Å². The molecule has 5 nitrogen and oxygen atoms in total. The first-order valence-corrected chi connectivity index (χ1v) is 6.87. The summed E-state index contributed by atoms with van der Waals surface area (Å²) in [6.07, 6.45) is 0. The Bertz CT molecular complexity index is 497. The SMILES string of the molecule is CC(C)NCc1nnc(NCc2ccc(Cl)s2)o1. The van der Waals surface area contributed by atoms with Crippen LogP contribution in [0, 0.1) is 0 Å². The van der Waals surface area contributed by atoms with Gasteiger partial charge < -0.3 is 15.1 Å².